The number of halogens is 1. The molecule has 0 saturated heterocycles. The number of carbonyl (C=O) groups is 1. The molecule has 0 saturated carbocycles. The highest BCUT2D eigenvalue weighted by Gasteiger charge is 1.98. The Labute approximate surface area is 159 Å². The lowest BCUT2D eigenvalue weighted by Crippen LogP contribution is -2.26. The minimum Gasteiger partial charge on any atom is -0.400 e. The number of aliphatic hydroxyl groups is 2. The third-order valence-corrected chi connectivity index (χ3v) is 2.50. The zero-order valence-electron chi connectivity index (χ0n) is 17.0. The van der Waals surface area contributed by atoms with Crippen LogP contribution in [-0.2, 0) is 4.79 Å². The molecule has 0 radical (unpaired) electrons. The molecular formula is C21H38FNO3. The van der Waals surface area contributed by atoms with Crippen LogP contribution in [0.5, 0.6) is 0 Å². The summed E-state index contributed by atoms with van der Waals surface area (Å²) < 4.78 is 11.1. The van der Waals surface area contributed by atoms with Crippen LogP contribution in [0.15, 0.2) is 60.8 Å². The normalized spacial score (nSPS) is 13.0. The predicted molar refractivity (Wildman–Crippen MR) is 112 cm³/mol. The van der Waals surface area contributed by atoms with Gasteiger partial charge in [0.2, 0.25) is 0 Å². The van der Waals surface area contributed by atoms with Crippen molar-refractivity contribution in [3.05, 3.63) is 60.8 Å². The molecular weight excluding hydrogens is 333 g/mol. The number of allylic oxidation sites excluding steroid dienone is 8. The van der Waals surface area contributed by atoms with Gasteiger partial charge in [-0.05, 0) is 17.6 Å². The fourth-order valence-corrected chi connectivity index (χ4v) is 1.26. The van der Waals surface area contributed by atoms with Crippen LogP contribution < -0.4 is 5.73 Å². The highest BCUT2D eigenvalue weighted by atomic mass is 19.1. The molecule has 2 atom stereocenters. The number of rotatable bonds is 9. The lowest BCUT2D eigenvalue weighted by molar-refractivity contribution is -0.109. The first kappa shape index (κ1) is 31.9. The Morgan fingerprint density at radius 3 is 2.04 bits per heavy atom. The number of hydrogen-bond acceptors (Lipinski definition) is 4. The van der Waals surface area contributed by atoms with E-state index in [1.165, 1.54) is 0 Å². The van der Waals surface area contributed by atoms with Crippen molar-refractivity contribution in [2.75, 3.05) is 20.4 Å². The first-order valence-corrected chi connectivity index (χ1v) is 8.66. The van der Waals surface area contributed by atoms with E-state index in [0.717, 1.165) is 31.0 Å². The first-order chi connectivity index (χ1) is 12.5. The van der Waals surface area contributed by atoms with E-state index in [0.29, 0.717) is 0 Å². The van der Waals surface area contributed by atoms with Gasteiger partial charge in [-0.2, -0.15) is 0 Å². The maximum Gasteiger partial charge on any atom is 0.126 e. The molecule has 2 unspecified atom stereocenters. The van der Waals surface area contributed by atoms with Crippen LogP contribution in [0.2, 0.25) is 0 Å². The Morgan fingerprint density at radius 1 is 1.23 bits per heavy atom. The Bertz CT molecular complexity index is 411. The summed E-state index contributed by atoms with van der Waals surface area (Å²) >= 11 is 0. The predicted octanol–water partition coefficient (Wildman–Crippen LogP) is 3.92. The second-order valence-corrected chi connectivity index (χ2v) is 4.58. The third kappa shape index (κ3) is 22.2. The summed E-state index contributed by atoms with van der Waals surface area (Å²) in [7, 11) is 1.00. The van der Waals surface area contributed by atoms with Crippen molar-refractivity contribution in [1.29, 1.82) is 0 Å². The van der Waals surface area contributed by atoms with E-state index < -0.39 is 12.7 Å². The quantitative estimate of drug-likeness (QED) is 0.424. The zero-order chi connectivity index (χ0) is 21.4. The van der Waals surface area contributed by atoms with Crippen molar-refractivity contribution in [3.8, 4) is 0 Å². The van der Waals surface area contributed by atoms with Gasteiger partial charge in [-0.25, -0.2) is 4.39 Å². The average molecular weight is 372 g/mol. The molecule has 0 aliphatic carbocycles. The van der Waals surface area contributed by atoms with Crippen LogP contribution in [0.25, 0.3) is 0 Å². The second-order valence-electron chi connectivity index (χ2n) is 4.58. The van der Waals surface area contributed by atoms with Gasteiger partial charge in [-0.15, -0.1) is 0 Å². The van der Waals surface area contributed by atoms with Crippen molar-refractivity contribution < 1.29 is 19.4 Å². The van der Waals surface area contributed by atoms with Crippen molar-refractivity contribution in [3.63, 3.8) is 0 Å². The van der Waals surface area contributed by atoms with Gasteiger partial charge in [-0.3, -0.25) is 0 Å². The van der Waals surface area contributed by atoms with E-state index in [4.69, 9.17) is 15.9 Å². The zero-order valence-corrected chi connectivity index (χ0v) is 17.0. The monoisotopic (exact) mass is 371 g/mol. The van der Waals surface area contributed by atoms with E-state index in [-0.39, 0.29) is 12.5 Å². The molecule has 4 nitrogen and oxygen atoms in total. The molecule has 0 aliphatic heterocycles. The summed E-state index contributed by atoms with van der Waals surface area (Å²) in [4.78, 5) is 10.5. The molecule has 0 bridgehead atoms. The molecule has 0 spiro atoms. The standard InChI is InChI=1S/C15H20O.C3H8FNO.C2H6.CH4O/c1-5-8-14(7-3)15(9-6-2)11-10-13(4)12-16;4-1-3(5)2-6;2*1-2/h5,7-13H,1,3,6H2,2,4H3;3,6H,1-2,5H2;1-2H3;2H,1H3/b11-10-,14-8+,15-9+;;;. The minimum atomic E-state index is -0.676. The van der Waals surface area contributed by atoms with Crippen LogP contribution in [0.3, 0.4) is 0 Å². The molecule has 0 aromatic carbocycles. The third-order valence-electron chi connectivity index (χ3n) is 2.50. The van der Waals surface area contributed by atoms with Gasteiger partial charge >= 0.3 is 0 Å². The molecule has 152 valence electrons. The number of alkyl halides is 1. The topological polar surface area (TPSA) is 83.5 Å². The summed E-state index contributed by atoms with van der Waals surface area (Å²) in [5, 5.41) is 15.0. The lowest BCUT2D eigenvalue weighted by atomic mass is 10.0. The number of carbonyl (C=O) groups excluding carboxylic acids is 1. The first-order valence-electron chi connectivity index (χ1n) is 8.66. The van der Waals surface area contributed by atoms with Crippen molar-refractivity contribution >= 4 is 6.29 Å². The Balaban J connectivity index is -0.000000202. The van der Waals surface area contributed by atoms with Crippen molar-refractivity contribution in [2.24, 2.45) is 11.7 Å². The molecule has 26 heavy (non-hydrogen) atoms. The Kier molecular flexibility index (Phi) is 34.4. The van der Waals surface area contributed by atoms with Crippen LogP contribution in [0, 0.1) is 5.92 Å². The lowest BCUT2D eigenvalue weighted by Gasteiger charge is -2.03. The van der Waals surface area contributed by atoms with Crippen molar-refractivity contribution in [1.82, 2.24) is 0 Å². The fraction of sp³-hybridized carbons (Fsp3) is 0.476. The number of nitrogens with two attached hydrogens (primary N) is 1. The van der Waals surface area contributed by atoms with E-state index in [1.807, 2.05) is 39.0 Å². The molecule has 5 heteroatoms. The molecule has 0 amide bonds. The largest absolute Gasteiger partial charge is 0.400 e. The molecule has 0 aromatic rings. The number of aldehydes is 1. The highest BCUT2D eigenvalue weighted by molar-refractivity contribution is 5.57. The summed E-state index contributed by atoms with van der Waals surface area (Å²) in [6, 6.07) is -0.676. The van der Waals surface area contributed by atoms with Crippen LogP contribution >= 0.6 is 0 Å². The van der Waals surface area contributed by atoms with Gasteiger partial charge in [0.05, 0.1) is 12.6 Å². The molecule has 4 N–H and O–H groups in total. The second kappa shape index (κ2) is 28.0. The molecule has 0 rings (SSSR count). The maximum absolute atomic E-state index is 11.1. The highest BCUT2D eigenvalue weighted by Crippen LogP contribution is 2.15. The fourth-order valence-electron chi connectivity index (χ4n) is 1.26. The van der Waals surface area contributed by atoms with E-state index in [2.05, 4.69) is 26.2 Å². The number of aliphatic hydroxyl groups excluding tert-OH is 2. The van der Waals surface area contributed by atoms with Crippen molar-refractivity contribution in [2.45, 2.75) is 40.2 Å². The molecule has 0 heterocycles. The summed E-state index contributed by atoms with van der Waals surface area (Å²) in [6.45, 7) is 14.5. The van der Waals surface area contributed by atoms with Gasteiger partial charge in [0.25, 0.3) is 0 Å². The van der Waals surface area contributed by atoms with E-state index in [1.54, 1.807) is 12.2 Å². The summed E-state index contributed by atoms with van der Waals surface area (Å²) in [5.41, 5.74) is 6.94. The molecule has 0 fully saturated rings. The summed E-state index contributed by atoms with van der Waals surface area (Å²) in [5.74, 6) is -0.0601. The number of hydrogen-bond donors (Lipinski definition) is 3. The molecule has 0 aliphatic rings. The van der Waals surface area contributed by atoms with Crippen LogP contribution in [-0.4, -0.2) is 42.9 Å². The maximum atomic E-state index is 11.1. The smallest absolute Gasteiger partial charge is 0.126 e. The van der Waals surface area contributed by atoms with Gasteiger partial charge in [-0.1, -0.05) is 77.3 Å². The minimum absolute atomic E-state index is 0.0601. The molecule has 0 aromatic heterocycles. The van der Waals surface area contributed by atoms with E-state index >= 15 is 0 Å². The Hall–Kier alpha value is -1.82. The van der Waals surface area contributed by atoms with Gasteiger partial charge in [0.15, 0.2) is 0 Å². The average Bonchev–Trinajstić information content (AvgIpc) is 2.71. The van der Waals surface area contributed by atoms with Gasteiger partial charge < -0.3 is 20.7 Å². The van der Waals surface area contributed by atoms with Crippen LogP contribution in [0.4, 0.5) is 4.39 Å². The van der Waals surface area contributed by atoms with Gasteiger partial charge in [0, 0.05) is 13.0 Å². The van der Waals surface area contributed by atoms with E-state index in [9.17, 15) is 9.18 Å². The Morgan fingerprint density at radius 2 is 1.77 bits per heavy atom. The van der Waals surface area contributed by atoms with Gasteiger partial charge in [0.1, 0.15) is 13.0 Å². The van der Waals surface area contributed by atoms with Crippen LogP contribution in [0.1, 0.15) is 34.1 Å². The summed E-state index contributed by atoms with van der Waals surface area (Å²) in [6.07, 6.45) is 13.2. The SMILES string of the molecule is C=C/C=C(C=C)/C(/C=C\C(C)C=O)=C/CC.CC.CO.NC(CO)CF.